The average Bonchev–Trinajstić information content (AvgIpc) is 2.72. The van der Waals surface area contributed by atoms with Gasteiger partial charge in [0.15, 0.2) is 11.8 Å². The van der Waals surface area contributed by atoms with Gasteiger partial charge in [-0.2, -0.15) is 0 Å². The minimum atomic E-state index is -0.435. The lowest BCUT2D eigenvalue weighted by Gasteiger charge is -2.31. The summed E-state index contributed by atoms with van der Waals surface area (Å²) in [4.78, 5) is 46.2. The summed E-state index contributed by atoms with van der Waals surface area (Å²) in [6, 6.07) is -0.0423. The van der Waals surface area contributed by atoms with Gasteiger partial charge in [0.25, 0.3) is 5.91 Å². The second-order valence-electron chi connectivity index (χ2n) is 7.05. The molecular formula is C20H30N4O5S. The van der Waals surface area contributed by atoms with Gasteiger partial charge in [-0.05, 0) is 51.9 Å². The Kier molecular flexibility index (Phi) is 9.35. The van der Waals surface area contributed by atoms with Crippen molar-refractivity contribution < 1.29 is 23.9 Å². The number of aromatic nitrogens is 2. The van der Waals surface area contributed by atoms with Gasteiger partial charge in [-0.25, -0.2) is 14.8 Å². The number of piperidine rings is 1. The largest absolute Gasteiger partial charge is 0.456 e. The average molecular weight is 439 g/mol. The van der Waals surface area contributed by atoms with E-state index in [-0.39, 0.29) is 31.1 Å². The third kappa shape index (κ3) is 7.16. The van der Waals surface area contributed by atoms with Crippen molar-refractivity contribution >= 4 is 29.7 Å². The summed E-state index contributed by atoms with van der Waals surface area (Å²) < 4.78 is 10.1. The van der Waals surface area contributed by atoms with Crippen LogP contribution in [0.25, 0.3) is 0 Å². The summed E-state index contributed by atoms with van der Waals surface area (Å²) in [7, 11) is 0. The minimum Gasteiger partial charge on any atom is -0.456 e. The predicted molar refractivity (Wildman–Crippen MR) is 112 cm³/mol. The molecular weight excluding hydrogens is 408 g/mol. The number of hydrogen-bond donors (Lipinski definition) is 1. The van der Waals surface area contributed by atoms with Crippen LogP contribution in [0.4, 0.5) is 4.79 Å². The second-order valence-corrected chi connectivity index (χ2v) is 7.82. The number of carbonyl (C=O) groups excluding carboxylic acids is 3. The molecule has 9 nitrogen and oxygen atoms in total. The molecule has 1 aliphatic heterocycles. The molecule has 0 saturated carbocycles. The second kappa shape index (κ2) is 11.7. The molecule has 0 unspecified atom stereocenters. The zero-order valence-electron chi connectivity index (χ0n) is 18.0. The number of nitrogens with zero attached hydrogens (tertiary/aromatic N) is 3. The van der Waals surface area contributed by atoms with Gasteiger partial charge >= 0.3 is 12.1 Å². The van der Waals surface area contributed by atoms with Gasteiger partial charge in [-0.3, -0.25) is 9.59 Å². The first-order valence-electron chi connectivity index (χ1n) is 10.1. The summed E-state index contributed by atoms with van der Waals surface area (Å²) in [5, 5.41) is 3.56. The highest BCUT2D eigenvalue weighted by atomic mass is 32.2. The Balaban J connectivity index is 1.69. The minimum absolute atomic E-state index is 0.0423. The number of ether oxygens (including phenoxy) is 2. The van der Waals surface area contributed by atoms with Crippen molar-refractivity contribution in [2.24, 2.45) is 0 Å². The fourth-order valence-corrected chi connectivity index (χ4v) is 3.75. The van der Waals surface area contributed by atoms with Gasteiger partial charge in [0.05, 0.1) is 6.61 Å². The molecule has 1 N–H and O–H groups in total. The Morgan fingerprint density at radius 3 is 2.33 bits per heavy atom. The number of carbonyl (C=O) groups is 3. The first kappa shape index (κ1) is 23.9. The van der Waals surface area contributed by atoms with Gasteiger partial charge < -0.3 is 19.7 Å². The van der Waals surface area contributed by atoms with E-state index >= 15 is 0 Å². The van der Waals surface area contributed by atoms with E-state index in [0.29, 0.717) is 44.1 Å². The quantitative estimate of drug-likeness (QED) is 0.373. The van der Waals surface area contributed by atoms with Crippen molar-refractivity contribution in [1.29, 1.82) is 0 Å². The molecule has 2 rings (SSSR count). The number of hydrogen-bond acceptors (Lipinski definition) is 8. The van der Waals surface area contributed by atoms with Crippen LogP contribution in [0.15, 0.2) is 5.16 Å². The SMILES string of the molecule is CCOC(=O)N1CCC(NC(=O)COC(=O)CCc2c(C)nc(SC)nc2C)CC1. The lowest BCUT2D eigenvalue weighted by atomic mass is 10.1. The smallest absolute Gasteiger partial charge is 0.409 e. The fraction of sp³-hybridized carbons (Fsp3) is 0.650. The van der Waals surface area contributed by atoms with Crippen LogP contribution in [0.3, 0.4) is 0 Å². The third-order valence-electron chi connectivity index (χ3n) is 4.91. The zero-order chi connectivity index (χ0) is 22.1. The van der Waals surface area contributed by atoms with Gasteiger partial charge in [0.2, 0.25) is 0 Å². The summed E-state index contributed by atoms with van der Waals surface area (Å²) in [5.74, 6) is -0.770. The molecule has 0 bridgehead atoms. The highest BCUT2D eigenvalue weighted by molar-refractivity contribution is 7.98. The van der Waals surface area contributed by atoms with Crippen LogP contribution in [-0.2, 0) is 25.5 Å². The molecule has 2 amide bonds. The molecule has 166 valence electrons. The first-order chi connectivity index (χ1) is 14.3. The van der Waals surface area contributed by atoms with Crippen LogP contribution < -0.4 is 5.32 Å². The van der Waals surface area contributed by atoms with Crippen LogP contribution >= 0.6 is 11.8 Å². The molecule has 1 saturated heterocycles. The Morgan fingerprint density at radius 1 is 1.13 bits per heavy atom. The maximum Gasteiger partial charge on any atom is 0.409 e. The molecule has 0 radical (unpaired) electrons. The Morgan fingerprint density at radius 2 is 1.77 bits per heavy atom. The van der Waals surface area contributed by atoms with Crippen molar-refractivity contribution in [3.8, 4) is 0 Å². The Labute approximate surface area is 181 Å². The van der Waals surface area contributed by atoms with E-state index in [0.717, 1.165) is 17.0 Å². The number of rotatable bonds is 8. The summed E-state index contributed by atoms with van der Waals surface area (Å²) in [6.45, 7) is 6.65. The molecule has 0 atom stereocenters. The van der Waals surface area contributed by atoms with Crippen LogP contribution in [-0.4, -0.2) is 71.4 Å². The molecule has 0 aromatic carbocycles. The maximum absolute atomic E-state index is 12.1. The molecule has 1 aromatic rings. The van der Waals surface area contributed by atoms with E-state index < -0.39 is 5.97 Å². The van der Waals surface area contributed by atoms with Crippen molar-refractivity contribution in [2.45, 2.75) is 57.7 Å². The predicted octanol–water partition coefficient (Wildman–Crippen LogP) is 2.03. The molecule has 1 aliphatic rings. The standard InChI is InChI=1S/C20H30N4O5S/c1-5-28-20(27)24-10-8-15(9-11-24)23-17(25)12-29-18(26)7-6-16-13(2)21-19(30-4)22-14(16)3/h15H,5-12H2,1-4H3,(H,23,25). The third-order valence-corrected chi connectivity index (χ3v) is 5.46. The highest BCUT2D eigenvalue weighted by Crippen LogP contribution is 2.17. The van der Waals surface area contributed by atoms with Gasteiger partial charge in [0.1, 0.15) is 0 Å². The number of nitrogens with one attached hydrogen (secondary N) is 1. The number of aryl methyl sites for hydroxylation is 2. The summed E-state index contributed by atoms with van der Waals surface area (Å²) in [5.41, 5.74) is 2.64. The Hall–Kier alpha value is -2.36. The van der Waals surface area contributed by atoms with E-state index in [1.807, 2.05) is 20.1 Å². The highest BCUT2D eigenvalue weighted by Gasteiger charge is 2.24. The maximum atomic E-state index is 12.1. The molecule has 1 aromatic heterocycles. The number of esters is 1. The molecule has 0 spiro atoms. The van der Waals surface area contributed by atoms with E-state index in [9.17, 15) is 14.4 Å². The zero-order valence-corrected chi connectivity index (χ0v) is 18.8. The van der Waals surface area contributed by atoms with Gasteiger partial charge in [-0.1, -0.05) is 11.8 Å². The van der Waals surface area contributed by atoms with Crippen LogP contribution in [0.5, 0.6) is 0 Å². The van der Waals surface area contributed by atoms with Crippen molar-refractivity contribution in [2.75, 3.05) is 32.6 Å². The van der Waals surface area contributed by atoms with Crippen molar-refractivity contribution in [1.82, 2.24) is 20.2 Å². The lowest BCUT2D eigenvalue weighted by molar-refractivity contribution is -0.148. The topological polar surface area (TPSA) is 111 Å². The molecule has 10 heteroatoms. The molecule has 0 aliphatic carbocycles. The summed E-state index contributed by atoms with van der Waals surface area (Å²) in [6.07, 6.45) is 3.51. The summed E-state index contributed by atoms with van der Waals surface area (Å²) >= 11 is 1.48. The van der Waals surface area contributed by atoms with Crippen LogP contribution in [0.2, 0.25) is 0 Å². The normalized spacial score (nSPS) is 14.3. The molecule has 30 heavy (non-hydrogen) atoms. The van der Waals surface area contributed by atoms with E-state index in [4.69, 9.17) is 9.47 Å². The van der Waals surface area contributed by atoms with Crippen LogP contribution in [0.1, 0.15) is 43.1 Å². The molecule has 1 fully saturated rings. The van der Waals surface area contributed by atoms with Gasteiger partial charge in [0, 0.05) is 36.9 Å². The first-order valence-corrected chi connectivity index (χ1v) is 11.3. The number of likely N-dealkylation sites (tertiary alicyclic amines) is 1. The van der Waals surface area contributed by atoms with E-state index in [1.165, 1.54) is 11.8 Å². The monoisotopic (exact) mass is 438 g/mol. The molecule has 2 heterocycles. The number of thioether (sulfide) groups is 1. The van der Waals surface area contributed by atoms with Crippen LogP contribution in [0, 0.1) is 13.8 Å². The van der Waals surface area contributed by atoms with Gasteiger partial charge in [-0.15, -0.1) is 0 Å². The van der Waals surface area contributed by atoms with Crippen molar-refractivity contribution in [3.63, 3.8) is 0 Å². The van der Waals surface area contributed by atoms with E-state index in [1.54, 1.807) is 11.8 Å². The lowest BCUT2D eigenvalue weighted by Crippen LogP contribution is -2.47. The number of amides is 2. The van der Waals surface area contributed by atoms with Crippen molar-refractivity contribution in [3.05, 3.63) is 17.0 Å². The Bertz CT molecular complexity index is 743. The van der Waals surface area contributed by atoms with E-state index in [2.05, 4.69) is 15.3 Å². The fourth-order valence-electron chi connectivity index (χ4n) is 3.30.